The van der Waals surface area contributed by atoms with E-state index in [-0.39, 0.29) is 12.2 Å². The highest BCUT2D eigenvalue weighted by atomic mass is 16.7. The first-order valence-corrected chi connectivity index (χ1v) is 7.26. The highest BCUT2D eigenvalue weighted by molar-refractivity contribution is 5.89. The van der Waals surface area contributed by atoms with Gasteiger partial charge in [-0.1, -0.05) is 42.5 Å². The maximum atomic E-state index is 12.5. The van der Waals surface area contributed by atoms with E-state index in [1.54, 1.807) is 0 Å². The van der Waals surface area contributed by atoms with E-state index in [1.165, 1.54) is 14.2 Å². The number of ether oxygens (including phenoxy) is 4. The van der Waals surface area contributed by atoms with Crippen molar-refractivity contribution in [3.05, 3.63) is 48.0 Å². The van der Waals surface area contributed by atoms with Crippen molar-refractivity contribution in [2.45, 2.75) is 30.5 Å². The number of methoxy groups -OCH3 is 2. The lowest BCUT2D eigenvalue weighted by Crippen LogP contribution is -2.60. The zero-order valence-electron chi connectivity index (χ0n) is 12.8. The van der Waals surface area contributed by atoms with Crippen LogP contribution in [-0.4, -0.2) is 44.1 Å². The molecule has 5 nitrogen and oxygen atoms in total. The van der Waals surface area contributed by atoms with Gasteiger partial charge in [0.05, 0.1) is 13.2 Å². The van der Waals surface area contributed by atoms with Crippen LogP contribution in [-0.2, 0) is 30.3 Å². The summed E-state index contributed by atoms with van der Waals surface area (Å²) in [7, 11) is 2.91. The number of hydrogen-bond donors (Lipinski definition) is 0. The molecule has 1 aromatic rings. The van der Waals surface area contributed by atoms with E-state index in [0.29, 0.717) is 13.2 Å². The van der Waals surface area contributed by atoms with Crippen LogP contribution in [0.25, 0.3) is 0 Å². The number of carbonyl (C=O) groups excluding carboxylic acids is 1. The van der Waals surface area contributed by atoms with Gasteiger partial charge in [-0.15, -0.1) is 0 Å². The van der Waals surface area contributed by atoms with Gasteiger partial charge in [0, 0.05) is 20.6 Å². The van der Waals surface area contributed by atoms with Crippen LogP contribution in [0.15, 0.2) is 42.5 Å². The summed E-state index contributed by atoms with van der Waals surface area (Å²) in [6.45, 7) is 0.808. The Labute approximate surface area is 129 Å². The molecule has 0 radical (unpaired) electrons. The lowest BCUT2D eigenvalue weighted by molar-refractivity contribution is -0.275. The van der Waals surface area contributed by atoms with E-state index in [9.17, 15) is 4.79 Å². The molecule has 118 valence electrons. The monoisotopic (exact) mass is 304 g/mol. The summed E-state index contributed by atoms with van der Waals surface area (Å²) in [4.78, 5) is 12.5. The molecule has 5 heteroatoms. The van der Waals surface area contributed by atoms with Gasteiger partial charge in [-0.25, -0.2) is 0 Å². The molecule has 0 N–H and O–H groups in total. The minimum absolute atomic E-state index is 0.123. The third-order valence-corrected chi connectivity index (χ3v) is 4.22. The molecule has 0 spiro atoms. The van der Waals surface area contributed by atoms with Gasteiger partial charge in [0.15, 0.2) is 5.78 Å². The van der Waals surface area contributed by atoms with E-state index in [2.05, 4.69) is 0 Å². The number of Topliss-reactive ketones (excluding diaryl/α,β-unsaturated/α-hetero) is 1. The lowest BCUT2D eigenvalue weighted by Gasteiger charge is -2.42. The lowest BCUT2D eigenvalue weighted by atomic mass is 9.92. The number of carbonyl (C=O) groups is 1. The van der Waals surface area contributed by atoms with E-state index in [0.717, 1.165) is 5.56 Å². The summed E-state index contributed by atoms with van der Waals surface area (Å²) in [6.07, 6.45) is 3.35. The van der Waals surface area contributed by atoms with Crippen LogP contribution in [0.1, 0.15) is 12.0 Å². The van der Waals surface area contributed by atoms with Gasteiger partial charge in [-0.05, 0) is 5.56 Å². The maximum absolute atomic E-state index is 12.5. The predicted octanol–water partition coefficient (Wildman–Crippen LogP) is 1.86. The summed E-state index contributed by atoms with van der Waals surface area (Å²) >= 11 is 0. The zero-order chi connectivity index (χ0) is 15.6. The fourth-order valence-electron chi connectivity index (χ4n) is 3.05. The van der Waals surface area contributed by atoms with Crippen molar-refractivity contribution in [1.82, 2.24) is 0 Å². The Balaban J connectivity index is 1.65. The fourth-order valence-corrected chi connectivity index (χ4v) is 3.05. The number of ketones is 1. The number of benzene rings is 1. The van der Waals surface area contributed by atoms with Crippen molar-refractivity contribution in [2.24, 2.45) is 0 Å². The van der Waals surface area contributed by atoms with Crippen LogP contribution in [0.5, 0.6) is 0 Å². The second-order valence-electron chi connectivity index (χ2n) is 5.62. The van der Waals surface area contributed by atoms with Gasteiger partial charge in [0.1, 0.15) is 11.7 Å². The summed E-state index contributed by atoms with van der Waals surface area (Å²) < 4.78 is 22.3. The molecule has 22 heavy (non-hydrogen) atoms. The van der Waals surface area contributed by atoms with E-state index in [1.807, 2.05) is 42.5 Å². The van der Waals surface area contributed by atoms with Gasteiger partial charge < -0.3 is 18.9 Å². The molecule has 2 aliphatic heterocycles. The van der Waals surface area contributed by atoms with Crippen molar-refractivity contribution < 1.29 is 23.7 Å². The molecule has 0 aliphatic carbocycles. The Morgan fingerprint density at radius 2 is 1.95 bits per heavy atom. The molecule has 0 amide bonds. The average molecular weight is 304 g/mol. The minimum Gasteiger partial charge on any atom is -0.373 e. The molecule has 2 aliphatic rings. The molecule has 2 bridgehead atoms. The first-order valence-electron chi connectivity index (χ1n) is 7.26. The fraction of sp³-hybridized carbons (Fsp3) is 0.471. The summed E-state index contributed by atoms with van der Waals surface area (Å²) in [5.74, 6) is -1.46. The Morgan fingerprint density at radius 3 is 2.64 bits per heavy atom. The molecule has 0 aromatic heterocycles. The highest BCUT2D eigenvalue weighted by Crippen LogP contribution is 2.41. The van der Waals surface area contributed by atoms with Crippen molar-refractivity contribution in [1.29, 1.82) is 0 Å². The highest BCUT2D eigenvalue weighted by Gasteiger charge is 2.58. The molecule has 1 saturated heterocycles. The van der Waals surface area contributed by atoms with Gasteiger partial charge in [0.25, 0.3) is 5.79 Å². The normalized spacial score (nSPS) is 29.0. The van der Waals surface area contributed by atoms with Gasteiger partial charge >= 0.3 is 0 Å². The largest absolute Gasteiger partial charge is 0.373 e. The SMILES string of the molecule is COC1(OC)C(=O)C[C@@]2(COCc3ccccc3)C=C[C@@H]1O2. The quantitative estimate of drug-likeness (QED) is 0.593. The van der Waals surface area contributed by atoms with Crippen molar-refractivity contribution in [2.75, 3.05) is 20.8 Å². The number of hydrogen-bond acceptors (Lipinski definition) is 5. The second kappa shape index (κ2) is 5.93. The topological polar surface area (TPSA) is 54.0 Å². The second-order valence-corrected chi connectivity index (χ2v) is 5.62. The van der Waals surface area contributed by atoms with Crippen molar-refractivity contribution in [3.63, 3.8) is 0 Å². The van der Waals surface area contributed by atoms with Gasteiger partial charge in [0.2, 0.25) is 0 Å². The molecule has 3 rings (SSSR count). The van der Waals surface area contributed by atoms with Crippen LogP contribution >= 0.6 is 0 Å². The van der Waals surface area contributed by atoms with Gasteiger partial charge in [-0.2, -0.15) is 0 Å². The van der Waals surface area contributed by atoms with Crippen LogP contribution in [0.2, 0.25) is 0 Å². The Bertz CT molecular complexity index is 564. The summed E-state index contributed by atoms with van der Waals surface area (Å²) in [5.41, 5.74) is 0.375. The predicted molar refractivity (Wildman–Crippen MR) is 79.2 cm³/mol. The number of rotatable bonds is 6. The Kier molecular flexibility index (Phi) is 4.14. The van der Waals surface area contributed by atoms with Crippen LogP contribution in [0.4, 0.5) is 0 Å². The minimum atomic E-state index is -1.34. The third-order valence-electron chi connectivity index (χ3n) is 4.22. The molecule has 1 fully saturated rings. The smallest absolute Gasteiger partial charge is 0.259 e. The summed E-state index contributed by atoms with van der Waals surface area (Å²) in [6, 6.07) is 9.89. The van der Waals surface area contributed by atoms with Crippen LogP contribution < -0.4 is 0 Å². The molecule has 1 aromatic carbocycles. The average Bonchev–Trinajstić information content (AvgIpc) is 2.90. The van der Waals surface area contributed by atoms with Crippen molar-refractivity contribution >= 4 is 5.78 Å². The molecule has 0 saturated carbocycles. The molecular weight excluding hydrogens is 284 g/mol. The Hall–Kier alpha value is -1.53. The van der Waals surface area contributed by atoms with Gasteiger partial charge in [-0.3, -0.25) is 4.79 Å². The standard InChI is InChI=1S/C17H20O5/c1-19-17(20-2)14(18)10-16(9-8-15(17)22-16)12-21-11-13-6-4-3-5-7-13/h3-9,15H,10-12H2,1-2H3/t15-,16+/m0/s1. The molecule has 2 heterocycles. The first-order chi connectivity index (χ1) is 10.6. The number of fused-ring (bicyclic) bond motifs is 2. The van der Waals surface area contributed by atoms with E-state index in [4.69, 9.17) is 18.9 Å². The maximum Gasteiger partial charge on any atom is 0.259 e. The molecule has 0 unspecified atom stereocenters. The van der Waals surface area contributed by atoms with E-state index < -0.39 is 17.5 Å². The van der Waals surface area contributed by atoms with Crippen LogP contribution in [0.3, 0.4) is 0 Å². The van der Waals surface area contributed by atoms with Crippen LogP contribution in [0, 0.1) is 0 Å². The zero-order valence-corrected chi connectivity index (χ0v) is 12.8. The first kappa shape index (κ1) is 15.4. The third kappa shape index (κ3) is 2.50. The Morgan fingerprint density at radius 1 is 1.23 bits per heavy atom. The summed E-state index contributed by atoms with van der Waals surface area (Å²) in [5, 5.41) is 0. The van der Waals surface area contributed by atoms with E-state index >= 15 is 0 Å². The molecular formula is C17H20O5. The van der Waals surface area contributed by atoms with Crippen molar-refractivity contribution in [3.8, 4) is 0 Å². The molecule has 2 atom stereocenters.